The van der Waals surface area contributed by atoms with Crippen molar-refractivity contribution in [3.05, 3.63) is 66.2 Å². The summed E-state index contributed by atoms with van der Waals surface area (Å²) >= 11 is 0. The number of oxazole rings is 1. The number of nitrogens with zero attached hydrogens (tertiary/aromatic N) is 4. The number of aromatic nitrogens is 5. The Morgan fingerprint density at radius 1 is 1.04 bits per heavy atom. The summed E-state index contributed by atoms with van der Waals surface area (Å²) in [6, 6.07) is 4.71. The second kappa shape index (κ2) is 8.57. The van der Waals surface area contributed by atoms with Gasteiger partial charge in [0.15, 0.2) is 22.8 Å². The van der Waals surface area contributed by atoms with Gasteiger partial charge in [-0.3, -0.25) is 4.98 Å². The zero-order valence-electron chi connectivity index (χ0n) is 15.2. The molecular formula is C19H20FN7O. The zero-order valence-corrected chi connectivity index (χ0v) is 15.2. The number of hydrogen-bond donors (Lipinski definition) is 3. The molecule has 8 nitrogen and oxygen atoms in total. The summed E-state index contributed by atoms with van der Waals surface area (Å²) in [7, 11) is 0. The van der Waals surface area contributed by atoms with Gasteiger partial charge in [0.25, 0.3) is 0 Å². The first-order chi connectivity index (χ1) is 13.8. The van der Waals surface area contributed by atoms with Crippen LogP contribution in [0, 0.1) is 5.82 Å². The lowest BCUT2D eigenvalue weighted by molar-refractivity contribution is 0.514. The molecule has 0 spiro atoms. The van der Waals surface area contributed by atoms with Crippen LogP contribution < -0.4 is 10.6 Å². The van der Waals surface area contributed by atoms with Crippen LogP contribution in [0.5, 0.6) is 0 Å². The fraction of sp³-hybridized carbons (Fsp3) is 0.263. The van der Waals surface area contributed by atoms with Gasteiger partial charge in [-0.15, -0.1) is 0 Å². The number of aromatic amines is 1. The molecule has 0 unspecified atom stereocenters. The maximum Gasteiger partial charge on any atom is 0.196 e. The summed E-state index contributed by atoms with van der Waals surface area (Å²) in [5.41, 5.74) is 1.60. The molecule has 0 saturated carbocycles. The van der Waals surface area contributed by atoms with Gasteiger partial charge in [-0.05, 0) is 12.1 Å². The maximum atomic E-state index is 13.7. The molecule has 4 heterocycles. The van der Waals surface area contributed by atoms with Crippen LogP contribution in [-0.2, 0) is 19.4 Å². The predicted octanol–water partition coefficient (Wildman–Crippen LogP) is 2.47. The van der Waals surface area contributed by atoms with Crippen LogP contribution in [0.25, 0.3) is 11.1 Å². The fourth-order valence-electron chi connectivity index (χ4n) is 2.82. The number of fused-ring (bicyclic) bond motifs is 1. The molecule has 0 aliphatic heterocycles. The molecule has 0 aliphatic rings. The smallest absolute Gasteiger partial charge is 0.196 e. The first-order valence-electron chi connectivity index (χ1n) is 9.06. The van der Waals surface area contributed by atoms with E-state index in [4.69, 9.17) is 4.42 Å². The highest BCUT2D eigenvalue weighted by Gasteiger charge is 2.12. The third kappa shape index (κ3) is 4.32. The molecule has 0 bridgehead atoms. The van der Waals surface area contributed by atoms with Crippen molar-refractivity contribution in [3.63, 3.8) is 0 Å². The molecule has 4 aromatic rings. The van der Waals surface area contributed by atoms with Crippen molar-refractivity contribution in [1.29, 1.82) is 0 Å². The van der Waals surface area contributed by atoms with Crippen molar-refractivity contribution < 1.29 is 8.81 Å². The van der Waals surface area contributed by atoms with Crippen molar-refractivity contribution in [2.24, 2.45) is 0 Å². The van der Waals surface area contributed by atoms with E-state index in [0.717, 1.165) is 25.3 Å². The lowest BCUT2D eigenvalue weighted by atomic mass is 10.3. The quantitative estimate of drug-likeness (QED) is 0.383. The van der Waals surface area contributed by atoms with Gasteiger partial charge in [-0.1, -0.05) is 0 Å². The lowest BCUT2D eigenvalue weighted by Crippen LogP contribution is -2.20. The molecule has 4 aromatic heterocycles. The van der Waals surface area contributed by atoms with E-state index in [-0.39, 0.29) is 12.4 Å². The van der Waals surface area contributed by atoms with Crippen LogP contribution in [0.2, 0.25) is 0 Å². The van der Waals surface area contributed by atoms with Gasteiger partial charge >= 0.3 is 0 Å². The minimum Gasteiger partial charge on any atom is -0.440 e. The zero-order chi connectivity index (χ0) is 19.2. The molecule has 0 radical (unpaired) electrons. The fourth-order valence-corrected chi connectivity index (χ4v) is 2.82. The van der Waals surface area contributed by atoms with Crippen LogP contribution in [0.15, 0.2) is 47.4 Å². The number of imidazole rings is 1. The molecule has 9 heteroatoms. The Morgan fingerprint density at radius 3 is 2.82 bits per heavy atom. The topological polar surface area (TPSA) is 105 Å². The van der Waals surface area contributed by atoms with E-state index in [1.807, 2.05) is 6.20 Å². The Labute approximate surface area is 160 Å². The predicted molar refractivity (Wildman–Crippen MR) is 102 cm³/mol. The first kappa shape index (κ1) is 18.1. The standard InChI is InChI=1S/C19H20FN7O/c20-13-2-1-6-22-14(13)12-26-19-18-15(3-9-25-19)28-17(27-18)5-8-21-7-4-16-23-10-11-24-16/h1-3,6,9-11,21H,4-5,7-8,12H2,(H,23,24)(H,25,26). The van der Waals surface area contributed by atoms with Crippen molar-refractivity contribution >= 4 is 16.9 Å². The van der Waals surface area contributed by atoms with E-state index in [9.17, 15) is 4.39 Å². The van der Waals surface area contributed by atoms with Crippen LogP contribution >= 0.6 is 0 Å². The van der Waals surface area contributed by atoms with E-state index in [1.54, 1.807) is 30.7 Å². The Bertz CT molecular complexity index is 1030. The van der Waals surface area contributed by atoms with Crippen LogP contribution in [0.1, 0.15) is 17.4 Å². The molecule has 28 heavy (non-hydrogen) atoms. The second-order valence-electron chi connectivity index (χ2n) is 6.19. The Kier molecular flexibility index (Phi) is 5.53. The third-order valence-electron chi connectivity index (χ3n) is 4.22. The molecule has 4 rings (SSSR count). The van der Waals surface area contributed by atoms with Crippen LogP contribution in [0.4, 0.5) is 10.2 Å². The van der Waals surface area contributed by atoms with E-state index < -0.39 is 0 Å². The number of anilines is 1. The van der Waals surface area contributed by atoms with Gasteiger partial charge < -0.3 is 20.0 Å². The molecule has 0 fully saturated rings. The van der Waals surface area contributed by atoms with Gasteiger partial charge in [0.2, 0.25) is 0 Å². The van der Waals surface area contributed by atoms with Crippen LogP contribution in [0.3, 0.4) is 0 Å². The number of pyridine rings is 2. The van der Waals surface area contributed by atoms with Gasteiger partial charge in [0, 0.05) is 56.8 Å². The molecule has 0 aliphatic carbocycles. The highest BCUT2D eigenvalue weighted by molar-refractivity contribution is 5.83. The number of rotatable bonds is 9. The number of hydrogen-bond acceptors (Lipinski definition) is 7. The largest absolute Gasteiger partial charge is 0.440 e. The van der Waals surface area contributed by atoms with E-state index in [1.165, 1.54) is 6.07 Å². The Morgan fingerprint density at radius 2 is 1.96 bits per heavy atom. The highest BCUT2D eigenvalue weighted by Crippen LogP contribution is 2.22. The van der Waals surface area contributed by atoms with E-state index in [0.29, 0.717) is 34.9 Å². The molecule has 0 atom stereocenters. The van der Waals surface area contributed by atoms with Gasteiger partial charge in [-0.25, -0.2) is 19.3 Å². The van der Waals surface area contributed by atoms with E-state index in [2.05, 4.69) is 35.6 Å². The van der Waals surface area contributed by atoms with Crippen LogP contribution in [-0.4, -0.2) is 38.0 Å². The monoisotopic (exact) mass is 381 g/mol. The first-order valence-corrected chi connectivity index (χ1v) is 9.06. The number of nitrogens with one attached hydrogen (secondary N) is 3. The molecule has 0 amide bonds. The third-order valence-corrected chi connectivity index (χ3v) is 4.22. The summed E-state index contributed by atoms with van der Waals surface area (Å²) in [4.78, 5) is 20.1. The van der Waals surface area contributed by atoms with E-state index >= 15 is 0 Å². The van der Waals surface area contributed by atoms with Gasteiger partial charge in [0.05, 0.1) is 12.2 Å². The SMILES string of the molecule is Fc1cccnc1CNc1nccc2oc(CCNCCc3ncc[nH]3)nc12. The Hall–Kier alpha value is -3.33. The second-order valence-corrected chi connectivity index (χ2v) is 6.19. The summed E-state index contributed by atoms with van der Waals surface area (Å²) in [5.74, 6) is 1.77. The molecule has 3 N–H and O–H groups in total. The molecular weight excluding hydrogens is 361 g/mol. The minimum absolute atomic E-state index is 0.218. The summed E-state index contributed by atoms with van der Waals surface area (Å²) < 4.78 is 19.5. The summed E-state index contributed by atoms with van der Waals surface area (Å²) in [6.45, 7) is 1.77. The average Bonchev–Trinajstić information content (AvgIpc) is 3.36. The number of H-pyrrole nitrogens is 1. The summed E-state index contributed by atoms with van der Waals surface area (Å²) in [5, 5.41) is 6.43. The minimum atomic E-state index is -0.358. The average molecular weight is 381 g/mol. The summed E-state index contributed by atoms with van der Waals surface area (Å²) in [6.07, 6.45) is 8.24. The lowest BCUT2D eigenvalue weighted by Gasteiger charge is -2.05. The maximum absolute atomic E-state index is 13.7. The highest BCUT2D eigenvalue weighted by atomic mass is 19.1. The Balaban J connectivity index is 1.34. The number of halogens is 1. The van der Waals surface area contributed by atoms with Gasteiger partial charge in [-0.2, -0.15) is 0 Å². The van der Waals surface area contributed by atoms with Crippen molar-refractivity contribution in [1.82, 2.24) is 30.2 Å². The van der Waals surface area contributed by atoms with Crippen molar-refractivity contribution in [2.75, 3.05) is 18.4 Å². The van der Waals surface area contributed by atoms with Crippen molar-refractivity contribution in [3.8, 4) is 0 Å². The molecule has 144 valence electrons. The molecule has 0 saturated heterocycles. The van der Waals surface area contributed by atoms with Gasteiger partial charge in [0.1, 0.15) is 11.6 Å². The molecule has 0 aromatic carbocycles. The normalized spacial score (nSPS) is 11.2. The van der Waals surface area contributed by atoms with Crippen molar-refractivity contribution in [2.45, 2.75) is 19.4 Å².